The largest absolute Gasteiger partial charge is 1.00 e. The average molecular weight is 380 g/mol. The summed E-state index contributed by atoms with van der Waals surface area (Å²) >= 11 is 0. The van der Waals surface area contributed by atoms with Crippen LogP contribution in [-0.4, -0.2) is 16.2 Å². The minimum Gasteiger partial charge on any atom is -1.00 e. The summed E-state index contributed by atoms with van der Waals surface area (Å²) in [4.78, 5) is 0. The van der Waals surface area contributed by atoms with Crippen LogP contribution in [0, 0.1) is 0 Å². The van der Waals surface area contributed by atoms with Gasteiger partial charge in [0.05, 0.1) is 5.52 Å². The van der Waals surface area contributed by atoms with E-state index in [1.54, 1.807) is 0 Å². The Morgan fingerprint density at radius 2 is 1.96 bits per heavy atom. The first-order chi connectivity index (χ1) is 11.2. The number of anilines is 2. The molecule has 0 unspecified atom stereocenters. The molecule has 4 rings (SSSR count). The van der Waals surface area contributed by atoms with E-state index >= 15 is 0 Å². The van der Waals surface area contributed by atoms with Gasteiger partial charge >= 0.3 is 0 Å². The summed E-state index contributed by atoms with van der Waals surface area (Å²) in [5.74, 6) is 0.798. The minimum atomic E-state index is 0. The van der Waals surface area contributed by atoms with Gasteiger partial charge in [0.15, 0.2) is 18.2 Å². The molecule has 0 saturated heterocycles. The van der Waals surface area contributed by atoms with Gasteiger partial charge in [-0.25, -0.2) is 9.08 Å². The van der Waals surface area contributed by atoms with Crippen molar-refractivity contribution in [1.82, 2.24) is 9.61 Å². The van der Waals surface area contributed by atoms with Crippen LogP contribution in [0.3, 0.4) is 0 Å². The van der Waals surface area contributed by atoms with Crippen LogP contribution in [0.4, 0.5) is 11.5 Å². The number of rotatable bonds is 4. The SMILES string of the molecule is C[n+]1ccc(CCNc2nn3c4c(ccc3c2N)CCC4)cc1.Cl.[Cl-]. The molecule has 0 spiro atoms. The molecule has 0 bridgehead atoms. The Morgan fingerprint density at radius 3 is 2.72 bits per heavy atom. The van der Waals surface area contributed by atoms with Crippen LogP contribution >= 0.6 is 12.4 Å². The third-order valence-corrected chi connectivity index (χ3v) is 4.64. The molecular formula is C18H23Cl2N5. The van der Waals surface area contributed by atoms with Crippen LogP contribution in [0.1, 0.15) is 23.2 Å². The van der Waals surface area contributed by atoms with E-state index in [0.717, 1.165) is 42.8 Å². The Hall–Kier alpha value is -1.98. The summed E-state index contributed by atoms with van der Waals surface area (Å²) in [6.45, 7) is 0.823. The maximum Gasteiger partial charge on any atom is 0.172 e. The summed E-state index contributed by atoms with van der Waals surface area (Å²) in [5.41, 5.74) is 12.1. The van der Waals surface area contributed by atoms with Crippen molar-refractivity contribution in [3.05, 3.63) is 53.5 Å². The molecule has 1 aliphatic carbocycles. The normalized spacial score (nSPS) is 12.4. The van der Waals surface area contributed by atoms with Crippen molar-refractivity contribution < 1.29 is 17.0 Å². The molecule has 3 aromatic rings. The van der Waals surface area contributed by atoms with Gasteiger partial charge in [0.2, 0.25) is 0 Å². The number of halogens is 2. The number of aryl methyl sites for hydroxylation is 3. The van der Waals surface area contributed by atoms with Crippen molar-refractivity contribution in [3.8, 4) is 0 Å². The summed E-state index contributed by atoms with van der Waals surface area (Å²) in [5, 5.41) is 8.10. The van der Waals surface area contributed by atoms with Gasteiger partial charge in [-0.15, -0.1) is 17.5 Å². The lowest BCUT2D eigenvalue weighted by Crippen LogP contribution is -3.00. The fourth-order valence-corrected chi connectivity index (χ4v) is 3.32. The van der Waals surface area contributed by atoms with E-state index in [1.165, 1.54) is 23.2 Å². The number of pyridine rings is 2. The van der Waals surface area contributed by atoms with Gasteiger partial charge in [-0.1, -0.05) is 6.07 Å². The first-order valence-electron chi connectivity index (χ1n) is 8.19. The smallest absolute Gasteiger partial charge is 0.172 e. The minimum absolute atomic E-state index is 0. The van der Waals surface area contributed by atoms with E-state index in [1.807, 2.05) is 16.1 Å². The molecule has 0 atom stereocenters. The second-order valence-corrected chi connectivity index (χ2v) is 6.27. The van der Waals surface area contributed by atoms with E-state index < -0.39 is 0 Å². The number of aromatic nitrogens is 3. The molecule has 0 aromatic carbocycles. The van der Waals surface area contributed by atoms with Crippen LogP contribution in [0.5, 0.6) is 0 Å². The number of hydrogen-bond acceptors (Lipinski definition) is 3. The summed E-state index contributed by atoms with van der Waals surface area (Å²) < 4.78 is 4.07. The molecule has 0 radical (unpaired) electrons. The topological polar surface area (TPSA) is 59.2 Å². The molecule has 1 aliphatic rings. The van der Waals surface area contributed by atoms with E-state index in [4.69, 9.17) is 10.8 Å². The molecule has 3 N–H and O–H groups in total. The lowest BCUT2D eigenvalue weighted by Gasteiger charge is -2.03. The second-order valence-electron chi connectivity index (χ2n) is 6.27. The van der Waals surface area contributed by atoms with Crippen LogP contribution in [0.15, 0.2) is 36.7 Å². The number of nitrogens with zero attached hydrogens (tertiary/aromatic N) is 3. The predicted octanol–water partition coefficient (Wildman–Crippen LogP) is -0.690. The van der Waals surface area contributed by atoms with Crippen molar-refractivity contribution in [2.24, 2.45) is 7.05 Å². The Labute approximate surface area is 160 Å². The predicted molar refractivity (Wildman–Crippen MR) is 98.7 cm³/mol. The standard InChI is InChI=1S/C18H22N5.2ClH/c1-22-11-8-13(9-12-22)7-10-20-18-17(19)16-6-5-14-3-2-4-15(14)23(16)21-18;;/h5-6,8-9,11-12H,2-4,7,10,19H2,1H3,(H,20,21);2*1H/q+1;;/p-1. The summed E-state index contributed by atoms with van der Waals surface area (Å²) in [6.07, 6.45) is 8.54. The zero-order valence-corrected chi connectivity index (χ0v) is 15.8. The maximum absolute atomic E-state index is 6.28. The molecule has 25 heavy (non-hydrogen) atoms. The van der Waals surface area contributed by atoms with E-state index in [-0.39, 0.29) is 24.8 Å². The maximum atomic E-state index is 6.28. The van der Waals surface area contributed by atoms with Crippen LogP contribution in [0.2, 0.25) is 0 Å². The average Bonchev–Trinajstić information content (AvgIpc) is 3.15. The van der Waals surface area contributed by atoms with E-state index in [2.05, 4.69) is 42.0 Å². The molecule has 3 aromatic heterocycles. The van der Waals surface area contributed by atoms with Gasteiger partial charge in [0.1, 0.15) is 12.7 Å². The highest BCUT2D eigenvalue weighted by atomic mass is 35.5. The molecule has 5 nitrogen and oxygen atoms in total. The molecule has 0 aliphatic heterocycles. The Bertz CT molecular complexity index is 858. The van der Waals surface area contributed by atoms with Crippen molar-refractivity contribution >= 4 is 29.4 Å². The van der Waals surface area contributed by atoms with Gasteiger partial charge in [0, 0.05) is 24.4 Å². The number of nitrogens with one attached hydrogen (secondary N) is 1. The number of hydrogen-bond donors (Lipinski definition) is 2. The monoisotopic (exact) mass is 379 g/mol. The third kappa shape index (κ3) is 3.67. The highest BCUT2D eigenvalue weighted by molar-refractivity contribution is 5.85. The molecular weight excluding hydrogens is 357 g/mol. The van der Waals surface area contributed by atoms with Gasteiger partial charge < -0.3 is 23.5 Å². The highest BCUT2D eigenvalue weighted by Gasteiger charge is 2.18. The Kier molecular flexibility index (Phi) is 6.14. The number of fused-ring (bicyclic) bond motifs is 3. The Balaban J connectivity index is 0.00000113. The lowest BCUT2D eigenvalue weighted by molar-refractivity contribution is -0.671. The van der Waals surface area contributed by atoms with Crippen molar-refractivity contribution in [1.29, 1.82) is 0 Å². The zero-order valence-electron chi connectivity index (χ0n) is 14.2. The van der Waals surface area contributed by atoms with Crippen LogP contribution < -0.4 is 28.0 Å². The van der Waals surface area contributed by atoms with Gasteiger partial charge in [-0.05, 0) is 42.9 Å². The van der Waals surface area contributed by atoms with Crippen molar-refractivity contribution in [2.75, 3.05) is 17.6 Å². The fraction of sp³-hybridized carbons (Fsp3) is 0.333. The number of nitrogen functional groups attached to an aromatic ring is 1. The number of nitrogens with two attached hydrogens (primary N) is 1. The molecule has 0 fully saturated rings. The molecule has 134 valence electrons. The molecule has 7 heteroatoms. The first kappa shape index (κ1) is 19.3. The second kappa shape index (κ2) is 7.93. The first-order valence-corrected chi connectivity index (χ1v) is 8.19. The van der Waals surface area contributed by atoms with E-state index in [0.29, 0.717) is 0 Å². The zero-order chi connectivity index (χ0) is 15.8. The molecule has 0 amide bonds. The lowest BCUT2D eigenvalue weighted by atomic mass is 10.2. The fourth-order valence-electron chi connectivity index (χ4n) is 3.32. The van der Waals surface area contributed by atoms with Crippen LogP contribution in [0.25, 0.3) is 5.52 Å². The van der Waals surface area contributed by atoms with Gasteiger partial charge in [-0.2, -0.15) is 0 Å². The van der Waals surface area contributed by atoms with Crippen LogP contribution in [-0.2, 0) is 26.3 Å². The summed E-state index contributed by atoms with van der Waals surface area (Å²) in [6, 6.07) is 8.57. The van der Waals surface area contributed by atoms with Gasteiger partial charge in [0.25, 0.3) is 0 Å². The molecule has 0 saturated carbocycles. The Morgan fingerprint density at radius 1 is 1.20 bits per heavy atom. The summed E-state index contributed by atoms with van der Waals surface area (Å²) in [7, 11) is 2.03. The van der Waals surface area contributed by atoms with Crippen molar-refractivity contribution in [3.63, 3.8) is 0 Å². The van der Waals surface area contributed by atoms with Crippen molar-refractivity contribution in [2.45, 2.75) is 25.7 Å². The van der Waals surface area contributed by atoms with Gasteiger partial charge in [-0.3, -0.25) is 0 Å². The molecule has 3 heterocycles. The third-order valence-electron chi connectivity index (χ3n) is 4.64. The highest BCUT2D eigenvalue weighted by Crippen LogP contribution is 2.29. The van der Waals surface area contributed by atoms with E-state index in [9.17, 15) is 0 Å². The quantitative estimate of drug-likeness (QED) is 0.590.